The highest BCUT2D eigenvalue weighted by Crippen LogP contribution is 2.27. The fourth-order valence-corrected chi connectivity index (χ4v) is 3.15. The highest BCUT2D eigenvalue weighted by Gasteiger charge is 2.07. The van der Waals surface area contributed by atoms with Crippen LogP contribution in [0.25, 0.3) is 0 Å². The van der Waals surface area contributed by atoms with E-state index in [2.05, 4.69) is 46.6 Å². The van der Waals surface area contributed by atoms with E-state index in [9.17, 15) is 0 Å². The number of hydrogen-bond acceptors (Lipinski definition) is 1. The minimum Gasteiger partial charge on any atom is -0.260 e. The summed E-state index contributed by atoms with van der Waals surface area (Å²) in [6.45, 7) is 2.28. The number of rotatable bonds is 11. The van der Waals surface area contributed by atoms with Gasteiger partial charge < -0.3 is 0 Å². The minimum atomic E-state index is 0.586. The maximum atomic E-state index is 4.43. The van der Waals surface area contributed by atoms with Gasteiger partial charge in [0.1, 0.15) is 0 Å². The topological polar surface area (TPSA) is 12.9 Å². The van der Waals surface area contributed by atoms with Gasteiger partial charge in [-0.05, 0) is 18.6 Å². The molecule has 1 heterocycles. The summed E-state index contributed by atoms with van der Waals surface area (Å²) in [5, 5.41) is 0. The van der Waals surface area contributed by atoms with E-state index in [4.69, 9.17) is 0 Å². The number of hydrogen-bond donors (Lipinski definition) is 0. The molecule has 0 aliphatic carbocycles. The van der Waals surface area contributed by atoms with Crippen LogP contribution in [0.4, 0.5) is 0 Å². The Bertz CT molecular complexity index is 299. The van der Waals surface area contributed by atoms with Crippen LogP contribution in [-0.4, -0.2) is 4.98 Å². The first-order chi connectivity index (χ1) is 9.34. The van der Waals surface area contributed by atoms with Gasteiger partial charge in [0.25, 0.3) is 0 Å². The Balaban J connectivity index is 1.93. The van der Waals surface area contributed by atoms with Crippen molar-refractivity contribution >= 4 is 22.6 Å². The highest BCUT2D eigenvalue weighted by molar-refractivity contribution is 14.1. The van der Waals surface area contributed by atoms with Gasteiger partial charge >= 0.3 is 0 Å². The Morgan fingerprint density at radius 2 is 1.58 bits per heavy atom. The zero-order valence-electron chi connectivity index (χ0n) is 12.3. The fraction of sp³-hybridized carbons (Fsp3) is 0.706. The molecule has 0 bridgehead atoms. The van der Waals surface area contributed by atoms with Crippen LogP contribution in [-0.2, 0) is 0 Å². The lowest BCUT2D eigenvalue weighted by Crippen LogP contribution is -1.93. The van der Waals surface area contributed by atoms with Crippen molar-refractivity contribution in [2.45, 2.75) is 75.1 Å². The highest BCUT2D eigenvalue weighted by atomic mass is 127. The average molecular weight is 373 g/mol. The second-order valence-corrected chi connectivity index (χ2v) is 6.84. The van der Waals surface area contributed by atoms with Gasteiger partial charge in [-0.15, -0.1) is 0 Å². The third kappa shape index (κ3) is 8.61. The largest absolute Gasteiger partial charge is 0.260 e. The molecule has 108 valence electrons. The van der Waals surface area contributed by atoms with Crippen LogP contribution in [0, 0.1) is 0 Å². The number of alkyl halides is 1. The quantitative estimate of drug-likeness (QED) is 0.246. The molecule has 0 spiro atoms. The molecule has 0 radical (unpaired) electrons. The molecular weight excluding hydrogens is 345 g/mol. The van der Waals surface area contributed by atoms with Crippen molar-refractivity contribution in [2.24, 2.45) is 0 Å². The first-order valence-corrected chi connectivity index (χ1v) is 9.14. The lowest BCUT2D eigenvalue weighted by molar-refractivity contribution is 0.556. The Morgan fingerprint density at radius 3 is 2.16 bits per heavy atom. The van der Waals surface area contributed by atoms with Crippen LogP contribution in [0.3, 0.4) is 0 Å². The van der Waals surface area contributed by atoms with E-state index in [-0.39, 0.29) is 0 Å². The van der Waals surface area contributed by atoms with Gasteiger partial charge in [-0.25, -0.2) is 0 Å². The van der Waals surface area contributed by atoms with Crippen molar-refractivity contribution in [1.82, 2.24) is 4.98 Å². The summed E-state index contributed by atoms with van der Waals surface area (Å²) in [6, 6.07) is 6.22. The maximum absolute atomic E-state index is 4.43. The van der Waals surface area contributed by atoms with Crippen LogP contribution in [0.1, 0.15) is 80.8 Å². The van der Waals surface area contributed by atoms with Crippen molar-refractivity contribution in [1.29, 1.82) is 0 Å². The molecule has 1 aromatic heterocycles. The average Bonchev–Trinajstić information content (AvgIpc) is 2.46. The summed E-state index contributed by atoms with van der Waals surface area (Å²) >= 11 is 2.53. The molecule has 0 aliphatic heterocycles. The zero-order valence-corrected chi connectivity index (χ0v) is 14.4. The molecule has 1 aromatic rings. The monoisotopic (exact) mass is 373 g/mol. The van der Waals surface area contributed by atoms with Gasteiger partial charge in [0.15, 0.2) is 0 Å². The van der Waals surface area contributed by atoms with E-state index in [1.54, 1.807) is 0 Å². The molecule has 0 saturated heterocycles. The number of halogens is 1. The second-order valence-electron chi connectivity index (χ2n) is 5.34. The van der Waals surface area contributed by atoms with E-state index in [0.717, 1.165) is 0 Å². The molecule has 1 rings (SSSR count). The van der Waals surface area contributed by atoms with Crippen LogP contribution in [0.5, 0.6) is 0 Å². The van der Waals surface area contributed by atoms with E-state index in [0.29, 0.717) is 3.92 Å². The van der Waals surface area contributed by atoms with Crippen LogP contribution in [0.15, 0.2) is 24.4 Å². The number of aromatic nitrogens is 1. The van der Waals surface area contributed by atoms with Crippen LogP contribution >= 0.6 is 22.6 Å². The Kier molecular flexibility index (Phi) is 10.4. The molecule has 1 unspecified atom stereocenters. The van der Waals surface area contributed by atoms with Gasteiger partial charge in [-0.2, -0.15) is 0 Å². The third-order valence-corrected chi connectivity index (χ3v) is 4.83. The first-order valence-electron chi connectivity index (χ1n) is 7.89. The Labute approximate surface area is 132 Å². The van der Waals surface area contributed by atoms with E-state index in [1.165, 1.54) is 69.9 Å². The van der Waals surface area contributed by atoms with E-state index >= 15 is 0 Å². The lowest BCUT2D eigenvalue weighted by atomic mass is 10.1. The summed E-state index contributed by atoms with van der Waals surface area (Å²) in [5.41, 5.74) is 1.24. The molecule has 0 N–H and O–H groups in total. The van der Waals surface area contributed by atoms with E-state index in [1.807, 2.05) is 12.3 Å². The van der Waals surface area contributed by atoms with Crippen molar-refractivity contribution in [3.05, 3.63) is 30.1 Å². The lowest BCUT2D eigenvalue weighted by Gasteiger charge is -2.08. The molecular formula is C17H28IN. The summed E-state index contributed by atoms with van der Waals surface area (Å²) in [5.74, 6) is 0. The molecule has 0 saturated carbocycles. The third-order valence-electron chi connectivity index (χ3n) is 3.57. The smallest absolute Gasteiger partial charge is 0.0532 e. The summed E-state index contributed by atoms with van der Waals surface area (Å²) in [7, 11) is 0. The molecule has 0 fully saturated rings. The first kappa shape index (κ1) is 16.9. The normalized spacial score (nSPS) is 12.5. The second kappa shape index (κ2) is 11.7. The molecule has 19 heavy (non-hydrogen) atoms. The molecule has 2 heteroatoms. The van der Waals surface area contributed by atoms with Crippen LogP contribution < -0.4 is 0 Å². The molecule has 0 aliphatic rings. The summed E-state index contributed by atoms with van der Waals surface area (Å²) in [6.07, 6.45) is 15.8. The van der Waals surface area contributed by atoms with Crippen molar-refractivity contribution in [2.75, 3.05) is 0 Å². The maximum Gasteiger partial charge on any atom is 0.0532 e. The van der Waals surface area contributed by atoms with Gasteiger partial charge in [0.2, 0.25) is 0 Å². The predicted molar refractivity (Wildman–Crippen MR) is 92.8 cm³/mol. The van der Waals surface area contributed by atoms with Crippen molar-refractivity contribution in [3.63, 3.8) is 0 Å². The Morgan fingerprint density at radius 1 is 0.947 bits per heavy atom. The number of pyridine rings is 1. The van der Waals surface area contributed by atoms with E-state index < -0.39 is 0 Å². The van der Waals surface area contributed by atoms with Gasteiger partial charge in [0, 0.05) is 6.20 Å². The van der Waals surface area contributed by atoms with Gasteiger partial charge in [0.05, 0.1) is 9.62 Å². The fourth-order valence-electron chi connectivity index (χ4n) is 2.34. The number of unbranched alkanes of at least 4 members (excludes halogenated alkanes) is 8. The predicted octanol–water partition coefficient (Wildman–Crippen LogP) is 6.48. The molecule has 1 atom stereocenters. The molecule has 1 nitrogen and oxygen atoms in total. The summed E-state index contributed by atoms with van der Waals surface area (Å²) < 4.78 is 0.586. The Hall–Kier alpha value is -0.120. The molecule has 0 amide bonds. The van der Waals surface area contributed by atoms with Gasteiger partial charge in [-0.3, -0.25) is 4.98 Å². The minimum absolute atomic E-state index is 0.586. The summed E-state index contributed by atoms with van der Waals surface area (Å²) in [4.78, 5) is 4.43. The molecule has 0 aromatic carbocycles. The standard InChI is InChI=1S/C17H28IN/c1-2-3-4-5-6-7-8-9-10-13-16(18)17-14-11-12-15-19-17/h11-12,14-16H,2-10,13H2,1H3. The SMILES string of the molecule is CCCCCCCCCCCC(I)c1ccccn1. The van der Waals surface area contributed by atoms with Crippen LogP contribution in [0.2, 0.25) is 0 Å². The van der Waals surface area contributed by atoms with Crippen molar-refractivity contribution < 1.29 is 0 Å². The number of nitrogens with zero attached hydrogens (tertiary/aromatic N) is 1. The van der Waals surface area contributed by atoms with Crippen molar-refractivity contribution in [3.8, 4) is 0 Å². The van der Waals surface area contributed by atoms with Gasteiger partial charge in [-0.1, -0.05) is 93.4 Å². The zero-order chi connectivity index (χ0) is 13.8.